The SMILES string of the molecule is Cc1cc(=O)oc2cc(NC(=O)C3CC(=O)N(C4CCCC4)C3)ccc12. The summed E-state index contributed by atoms with van der Waals surface area (Å²) in [7, 11) is 0. The van der Waals surface area contributed by atoms with E-state index in [2.05, 4.69) is 5.32 Å². The lowest BCUT2D eigenvalue weighted by molar-refractivity contribution is -0.129. The number of anilines is 1. The van der Waals surface area contributed by atoms with Gasteiger partial charge in [0, 0.05) is 42.2 Å². The summed E-state index contributed by atoms with van der Waals surface area (Å²) in [5.74, 6) is -0.409. The van der Waals surface area contributed by atoms with Crippen molar-refractivity contribution in [2.45, 2.75) is 45.1 Å². The summed E-state index contributed by atoms with van der Waals surface area (Å²) in [6.45, 7) is 2.34. The van der Waals surface area contributed by atoms with Gasteiger partial charge in [0.1, 0.15) is 5.58 Å². The molecular formula is C20H22N2O4. The first-order valence-electron chi connectivity index (χ1n) is 9.16. The average molecular weight is 354 g/mol. The number of nitrogens with zero attached hydrogens (tertiary/aromatic N) is 1. The lowest BCUT2D eigenvalue weighted by Gasteiger charge is -2.23. The van der Waals surface area contributed by atoms with Gasteiger partial charge in [-0.25, -0.2) is 4.79 Å². The number of fused-ring (bicyclic) bond motifs is 1. The van der Waals surface area contributed by atoms with Gasteiger partial charge in [0.25, 0.3) is 0 Å². The van der Waals surface area contributed by atoms with Crippen LogP contribution in [0.15, 0.2) is 33.5 Å². The molecule has 2 fully saturated rings. The molecule has 1 aliphatic carbocycles. The second-order valence-electron chi connectivity index (χ2n) is 7.33. The number of hydrogen-bond acceptors (Lipinski definition) is 4. The highest BCUT2D eigenvalue weighted by Gasteiger charge is 2.38. The van der Waals surface area contributed by atoms with Crippen LogP contribution in [0.25, 0.3) is 11.0 Å². The number of carbonyl (C=O) groups is 2. The molecule has 136 valence electrons. The van der Waals surface area contributed by atoms with Crippen LogP contribution in [-0.2, 0) is 9.59 Å². The molecule has 1 saturated carbocycles. The summed E-state index contributed by atoms with van der Waals surface area (Å²) in [6.07, 6.45) is 4.68. The largest absolute Gasteiger partial charge is 0.423 e. The molecule has 1 unspecified atom stereocenters. The molecule has 26 heavy (non-hydrogen) atoms. The Morgan fingerprint density at radius 3 is 2.73 bits per heavy atom. The van der Waals surface area contributed by atoms with Crippen LogP contribution in [0.5, 0.6) is 0 Å². The Kier molecular flexibility index (Phi) is 4.26. The second-order valence-corrected chi connectivity index (χ2v) is 7.33. The summed E-state index contributed by atoms with van der Waals surface area (Å²) in [5, 5.41) is 3.71. The van der Waals surface area contributed by atoms with Gasteiger partial charge in [-0.1, -0.05) is 12.8 Å². The Hall–Kier alpha value is -2.63. The zero-order chi connectivity index (χ0) is 18.3. The summed E-state index contributed by atoms with van der Waals surface area (Å²) in [5.41, 5.74) is 1.45. The maximum Gasteiger partial charge on any atom is 0.336 e. The van der Waals surface area contributed by atoms with Gasteiger partial charge in [0.2, 0.25) is 11.8 Å². The van der Waals surface area contributed by atoms with Crippen LogP contribution in [-0.4, -0.2) is 29.3 Å². The van der Waals surface area contributed by atoms with Crippen molar-refractivity contribution < 1.29 is 14.0 Å². The number of carbonyl (C=O) groups excluding carboxylic acids is 2. The first-order valence-corrected chi connectivity index (χ1v) is 9.16. The van der Waals surface area contributed by atoms with Crippen LogP contribution in [0.2, 0.25) is 0 Å². The number of likely N-dealkylation sites (tertiary alicyclic amines) is 1. The third-order valence-corrected chi connectivity index (χ3v) is 5.51. The van der Waals surface area contributed by atoms with Crippen molar-refractivity contribution in [3.63, 3.8) is 0 Å². The van der Waals surface area contributed by atoms with Gasteiger partial charge in [0.15, 0.2) is 0 Å². The highest BCUT2D eigenvalue weighted by molar-refractivity contribution is 5.98. The minimum Gasteiger partial charge on any atom is -0.423 e. The molecule has 0 spiro atoms. The lowest BCUT2D eigenvalue weighted by Crippen LogP contribution is -2.35. The Labute approximate surface area is 151 Å². The summed E-state index contributed by atoms with van der Waals surface area (Å²) >= 11 is 0. The quantitative estimate of drug-likeness (QED) is 0.860. The predicted molar refractivity (Wildman–Crippen MR) is 97.9 cm³/mol. The molecule has 1 aliphatic heterocycles. The van der Waals surface area contributed by atoms with Gasteiger partial charge in [-0.05, 0) is 37.5 Å². The van der Waals surface area contributed by atoms with Gasteiger partial charge in [-0.15, -0.1) is 0 Å². The molecule has 1 aromatic carbocycles. The lowest BCUT2D eigenvalue weighted by atomic mass is 10.1. The van der Waals surface area contributed by atoms with Gasteiger partial charge in [0.05, 0.1) is 5.92 Å². The maximum absolute atomic E-state index is 12.6. The Bertz CT molecular complexity index is 927. The average Bonchev–Trinajstić information content (AvgIpc) is 3.23. The molecular weight excluding hydrogens is 332 g/mol. The van der Waals surface area contributed by atoms with Crippen molar-refractivity contribution in [2.24, 2.45) is 5.92 Å². The first-order chi connectivity index (χ1) is 12.5. The molecule has 2 heterocycles. The molecule has 6 heteroatoms. The maximum atomic E-state index is 12.6. The molecule has 1 atom stereocenters. The highest BCUT2D eigenvalue weighted by Crippen LogP contribution is 2.30. The standard InChI is InChI=1S/C20H22N2O4/c1-12-8-19(24)26-17-10-14(6-7-16(12)17)21-20(25)13-9-18(23)22(11-13)15-4-2-3-5-15/h6-8,10,13,15H,2-5,9,11H2,1H3,(H,21,25). The molecule has 4 rings (SSSR count). The van der Waals surface area contributed by atoms with Gasteiger partial charge >= 0.3 is 5.63 Å². The van der Waals surface area contributed by atoms with Crippen LogP contribution in [0.4, 0.5) is 5.69 Å². The first kappa shape index (κ1) is 16.8. The van der Waals surface area contributed by atoms with Gasteiger partial charge in [-0.3, -0.25) is 9.59 Å². The van der Waals surface area contributed by atoms with E-state index in [1.54, 1.807) is 12.1 Å². The molecule has 0 bridgehead atoms. The Balaban J connectivity index is 1.49. The second kappa shape index (κ2) is 6.59. The van der Waals surface area contributed by atoms with Crippen molar-refractivity contribution in [3.05, 3.63) is 40.2 Å². The van der Waals surface area contributed by atoms with Gasteiger partial charge in [-0.2, -0.15) is 0 Å². The molecule has 2 aromatic rings. The third kappa shape index (κ3) is 3.11. The van der Waals surface area contributed by atoms with E-state index < -0.39 is 5.63 Å². The van der Waals surface area contributed by atoms with Crippen LogP contribution in [0, 0.1) is 12.8 Å². The fraction of sp³-hybridized carbons (Fsp3) is 0.450. The molecule has 0 radical (unpaired) electrons. The van der Waals surface area contributed by atoms with E-state index in [9.17, 15) is 14.4 Å². The van der Waals surface area contributed by atoms with Crippen LogP contribution in [0.1, 0.15) is 37.7 Å². The molecule has 2 amide bonds. The number of amides is 2. The fourth-order valence-electron chi connectivity index (χ4n) is 4.12. The van der Waals surface area contributed by atoms with Crippen molar-refractivity contribution in [3.8, 4) is 0 Å². The minimum atomic E-state index is -0.410. The number of nitrogens with one attached hydrogen (secondary N) is 1. The van der Waals surface area contributed by atoms with E-state index >= 15 is 0 Å². The molecule has 1 aromatic heterocycles. The van der Waals surface area contributed by atoms with Crippen LogP contribution >= 0.6 is 0 Å². The normalized spacial score (nSPS) is 20.9. The monoisotopic (exact) mass is 354 g/mol. The number of rotatable bonds is 3. The van der Waals surface area contributed by atoms with Crippen molar-refractivity contribution in [1.82, 2.24) is 4.90 Å². The summed E-state index contributed by atoms with van der Waals surface area (Å²) in [4.78, 5) is 38.3. The number of benzene rings is 1. The Morgan fingerprint density at radius 1 is 1.19 bits per heavy atom. The van der Waals surface area contributed by atoms with Crippen molar-refractivity contribution >= 4 is 28.5 Å². The van der Waals surface area contributed by atoms with E-state index in [1.165, 1.54) is 6.07 Å². The fourth-order valence-corrected chi connectivity index (χ4v) is 4.12. The highest BCUT2D eigenvalue weighted by atomic mass is 16.4. The molecule has 6 nitrogen and oxygen atoms in total. The van der Waals surface area contributed by atoms with Crippen LogP contribution in [0.3, 0.4) is 0 Å². The van der Waals surface area contributed by atoms with Crippen molar-refractivity contribution in [2.75, 3.05) is 11.9 Å². The zero-order valence-electron chi connectivity index (χ0n) is 14.8. The van der Waals surface area contributed by atoms with Crippen molar-refractivity contribution in [1.29, 1.82) is 0 Å². The van der Waals surface area contributed by atoms with E-state index in [0.29, 0.717) is 23.9 Å². The summed E-state index contributed by atoms with van der Waals surface area (Å²) < 4.78 is 5.22. The van der Waals surface area contributed by atoms with E-state index in [0.717, 1.165) is 36.6 Å². The zero-order valence-corrected chi connectivity index (χ0v) is 14.8. The number of aryl methyl sites for hydroxylation is 1. The van der Waals surface area contributed by atoms with Crippen LogP contribution < -0.4 is 10.9 Å². The van der Waals surface area contributed by atoms with Gasteiger partial charge < -0.3 is 14.6 Å². The Morgan fingerprint density at radius 2 is 1.96 bits per heavy atom. The van der Waals surface area contributed by atoms with E-state index in [1.807, 2.05) is 17.9 Å². The van der Waals surface area contributed by atoms with E-state index in [4.69, 9.17) is 4.42 Å². The predicted octanol–water partition coefficient (Wildman–Crippen LogP) is 2.83. The molecule has 1 N–H and O–H groups in total. The molecule has 1 saturated heterocycles. The molecule has 2 aliphatic rings. The topological polar surface area (TPSA) is 79.6 Å². The summed E-state index contributed by atoms with van der Waals surface area (Å²) in [6, 6.07) is 7.03. The van der Waals surface area contributed by atoms with E-state index in [-0.39, 0.29) is 24.2 Å². The number of hydrogen-bond donors (Lipinski definition) is 1. The minimum absolute atomic E-state index is 0.0807. The smallest absolute Gasteiger partial charge is 0.336 e. The third-order valence-electron chi connectivity index (χ3n) is 5.51.